The number of nitrogens with one attached hydrogen (secondary N) is 1. The van der Waals surface area contributed by atoms with Gasteiger partial charge in [-0.05, 0) is 32.7 Å². The molecule has 0 bridgehead atoms. The molecule has 0 spiro atoms. The van der Waals surface area contributed by atoms with Crippen molar-refractivity contribution in [1.82, 2.24) is 30.1 Å². The number of nitrogens with zero attached hydrogens (tertiary/aromatic N) is 5. The highest BCUT2D eigenvalue weighted by molar-refractivity contribution is 5.95. The molecule has 26 heavy (non-hydrogen) atoms. The first-order valence-electron chi connectivity index (χ1n) is 9.39. The lowest BCUT2D eigenvalue weighted by molar-refractivity contribution is 0.0756. The second-order valence-electron chi connectivity index (χ2n) is 7.03. The van der Waals surface area contributed by atoms with E-state index in [1.807, 2.05) is 4.90 Å². The molecule has 2 aromatic rings. The van der Waals surface area contributed by atoms with E-state index in [2.05, 4.69) is 39.2 Å². The van der Waals surface area contributed by atoms with Crippen LogP contribution in [0.15, 0.2) is 10.7 Å². The van der Waals surface area contributed by atoms with Gasteiger partial charge in [-0.2, -0.15) is 10.1 Å². The molecule has 0 aromatic carbocycles. The van der Waals surface area contributed by atoms with E-state index in [0.717, 1.165) is 56.5 Å². The van der Waals surface area contributed by atoms with Crippen molar-refractivity contribution in [2.75, 3.05) is 20.1 Å². The predicted octanol–water partition coefficient (Wildman–Crippen LogP) is 2.18. The molecule has 8 heteroatoms. The Balaban J connectivity index is 1.59. The fourth-order valence-corrected chi connectivity index (χ4v) is 3.59. The molecular formula is C18H28N6O2. The molecule has 0 aliphatic carbocycles. The fourth-order valence-electron chi connectivity index (χ4n) is 3.59. The minimum Gasteiger partial charge on any atom is -0.340 e. The number of aromatic amines is 1. The van der Waals surface area contributed by atoms with Crippen LogP contribution in [0.1, 0.15) is 60.4 Å². The number of carbonyl (C=O) groups excluding carboxylic acids is 1. The third kappa shape index (κ3) is 4.30. The highest BCUT2D eigenvalue weighted by Crippen LogP contribution is 2.20. The van der Waals surface area contributed by atoms with Crippen molar-refractivity contribution in [2.24, 2.45) is 0 Å². The Kier molecular flexibility index (Phi) is 6.03. The summed E-state index contributed by atoms with van der Waals surface area (Å²) in [6.45, 7) is 6.12. The lowest BCUT2D eigenvalue weighted by atomic mass is 10.1. The molecule has 1 saturated heterocycles. The summed E-state index contributed by atoms with van der Waals surface area (Å²) in [6, 6.07) is 0.408. The lowest BCUT2D eigenvalue weighted by Gasteiger charge is -2.26. The van der Waals surface area contributed by atoms with E-state index in [0.29, 0.717) is 24.3 Å². The van der Waals surface area contributed by atoms with Gasteiger partial charge in [0.05, 0.1) is 18.3 Å². The number of H-pyrrole nitrogens is 1. The van der Waals surface area contributed by atoms with Gasteiger partial charge in [0.2, 0.25) is 5.89 Å². The molecule has 0 radical (unpaired) electrons. The molecule has 0 saturated carbocycles. The fraction of sp³-hybridized carbons (Fsp3) is 0.667. The molecule has 1 aliphatic rings. The van der Waals surface area contributed by atoms with Gasteiger partial charge < -0.3 is 9.42 Å². The number of amides is 1. The smallest absolute Gasteiger partial charge is 0.257 e. The Morgan fingerprint density at radius 3 is 3.00 bits per heavy atom. The van der Waals surface area contributed by atoms with Gasteiger partial charge >= 0.3 is 0 Å². The van der Waals surface area contributed by atoms with Gasteiger partial charge in [0.1, 0.15) is 0 Å². The van der Waals surface area contributed by atoms with Crippen LogP contribution in [0, 0.1) is 6.92 Å². The summed E-state index contributed by atoms with van der Waals surface area (Å²) >= 11 is 0. The third-order valence-corrected chi connectivity index (χ3v) is 5.02. The number of carbonyl (C=O) groups is 1. The SMILES string of the molecule is CCCc1[nH]ncc1C(=O)N1CCC[C@@H](N(C)Cc2noc(C)n2)CC1. The van der Waals surface area contributed by atoms with Crippen molar-refractivity contribution in [3.63, 3.8) is 0 Å². The highest BCUT2D eigenvalue weighted by Gasteiger charge is 2.26. The van der Waals surface area contributed by atoms with Crippen LogP contribution in [0.3, 0.4) is 0 Å². The van der Waals surface area contributed by atoms with Crippen molar-refractivity contribution in [1.29, 1.82) is 0 Å². The molecule has 2 aromatic heterocycles. The molecule has 3 heterocycles. The Hall–Kier alpha value is -2.22. The Morgan fingerprint density at radius 2 is 2.27 bits per heavy atom. The molecule has 0 unspecified atom stereocenters. The molecule has 1 amide bonds. The molecule has 3 rings (SSSR count). The molecule has 1 N–H and O–H groups in total. The predicted molar refractivity (Wildman–Crippen MR) is 96.6 cm³/mol. The summed E-state index contributed by atoms with van der Waals surface area (Å²) in [5.74, 6) is 1.40. The van der Waals surface area contributed by atoms with Gasteiger partial charge in [-0.1, -0.05) is 18.5 Å². The van der Waals surface area contributed by atoms with Crippen LogP contribution in [-0.2, 0) is 13.0 Å². The van der Waals surface area contributed by atoms with Gasteiger partial charge in [-0.15, -0.1) is 0 Å². The monoisotopic (exact) mass is 360 g/mol. The average molecular weight is 360 g/mol. The maximum atomic E-state index is 12.9. The quantitative estimate of drug-likeness (QED) is 0.849. The first kappa shape index (κ1) is 18.6. The second-order valence-corrected chi connectivity index (χ2v) is 7.03. The zero-order valence-electron chi connectivity index (χ0n) is 15.9. The molecule has 1 atom stereocenters. The lowest BCUT2D eigenvalue weighted by Crippen LogP contribution is -2.35. The molecule has 1 fully saturated rings. The van der Waals surface area contributed by atoms with Crippen LogP contribution in [0.25, 0.3) is 0 Å². The van der Waals surface area contributed by atoms with Gasteiger partial charge in [0.25, 0.3) is 5.91 Å². The van der Waals surface area contributed by atoms with E-state index in [-0.39, 0.29) is 5.91 Å². The summed E-state index contributed by atoms with van der Waals surface area (Å²) in [7, 11) is 2.09. The maximum absolute atomic E-state index is 12.9. The van der Waals surface area contributed by atoms with Gasteiger partial charge in [-0.25, -0.2) is 0 Å². The number of likely N-dealkylation sites (tertiary alicyclic amines) is 1. The Morgan fingerprint density at radius 1 is 1.42 bits per heavy atom. The molecular weight excluding hydrogens is 332 g/mol. The van der Waals surface area contributed by atoms with Crippen LogP contribution < -0.4 is 0 Å². The molecule has 142 valence electrons. The van der Waals surface area contributed by atoms with Gasteiger partial charge in [-0.3, -0.25) is 14.8 Å². The Bertz CT molecular complexity index is 725. The van der Waals surface area contributed by atoms with E-state index in [1.54, 1.807) is 13.1 Å². The van der Waals surface area contributed by atoms with Crippen LogP contribution in [0.5, 0.6) is 0 Å². The molecule has 1 aliphatic heterocycles. The van der Waals surface area contributed by atoms with Crippen LogP contribution >= 0.6 is 0 Å². The number of rotatable bonds is 6. The zero-order chi connectivity index (χ0) is 18.5. The van der Waals surface area contributed by atoms with Crippen LogP contribution in [0.4, 0.5) is 0 Å². The number of hydrogen-bond donors (Lipinski definition) is 1. The molecule has 8 nitrogen and oxygen atoms in total. The number of hydrogen-bond acceptors (Lipinski definition) is 6. The summed E-state index contributed by atoms with van der Waals surface area (Å²) < 4.78 is 5.05. The first-order valence-corrected chi connectivity index (χ1v) is 9.39. The van der Waals surface area contributed by atoms with Crippen molar-refractivity contribution in [3.8, 4) is 0 Å². The van der Waals surface area contributed by atoms with Crippen molar-refractivity contribution in [2.45, 2.75) is 58.5 Å². The van der Waals surface area contributed by atoms with E-state index < -0.39 is 0 Å². The normalized spacial score (nSPS) is 18.3. The summed E-state index contributed by atoms with van der Waals surface area (Å²) in [5, 5.41) is 11.0. The van der Waals surface area contributed by atoms with Crippen molar-refractivity contribution in [3.05, 3.63) is 29.2 Å². The van der Waals surface area contributed by atoms with E-state index in [9.17, 15) is 4.79 Å². The van der Waals surface area contributed by atoms with Crippen molar-refractivity contribution >= 4 is 5.91 Å². The van der Waals surface area contributed by atoms with Crippen LogP contribution in [0.2, 0.25) is 0 Å². The second kappa shape index (κ2) is 8.44. The number of aromatic nitrogens is 4. The standard InChI is InChI=1S/C18H28N6O2/c1-4-6-16-15(11-19-21-16)18(25)24-9-5-7-14(8-10-24)23(3)12-17-20-13(2)26-22-17/h11,14H,4-10,12H2,1-3H3,(H,19,21)/t14-/m1/s1. The van der Waals surface area contributed by atoms with E-state index >= 15 is 0 Å². The highest BCUT2D eigenvalue weighted by atomic mass is 16.5. The zero-order valence-corrected chi connectivity index (χ0v) is 15.9. The van der Waals surface area contributed by atoms with Crippen molar-refractivity contribution < 1.29 is 9.32 Å². The van der Waals surface area contributed by atoms with Gasteiger partial charge in [0.15, 0.2) is 5.82 Å². The first-order chi connectivity index (χ1) is 12.6. The minimum atomic E-state index is 0.0966. The Labute approximate surface area is 153 Å². The maximum Gasteiger partial charge on any atom is 0.257 e. The average Bonchev–Trinajstić information content (AvgIpc) is 3.16. The largest absolute Gasteiger partial charge is 0.340 e. The third-order valence-electron chi connectivity index (χ3n) is 5.02. The summed E-state index contributed by atoms with van der Waals surface area (Å²) in [6.07, 6.45) is 6.51. The minimum absolute atomic E-state index is 0.0966. The summed E-state index contributed by atoms with van der Waals surface area (Å²) in [5.41, 5.74) is 1.67. The van der Waals surface area contributed by atoms with E-state index in [1.165, 1.54) is 0 Å². The van der Waals surface area contributed by atoms with Gasteiger partial charge in [0, 0.05) is 31.7 Å². The topological polar surface area (TPSA) is 91.2 Å². The summed E-state index contributed by atoms with van der Waals surface area (Å²) in [4.78, 5) is 21.4. The number of aryl methyl sites for hydroxylation is 2. The van der Waals surface area contributed by atoms with E-state index in [4.69, 9.17) is 4.52 Å². The van der Waals surface area contributed by atoms with Crippen LogP contribution in [-0.4, -0.2) is 62.2 Å².